The van der Waals surface area contributed by atoms with Crippen LogP contribution >= 0.6 is 0 Å². The van der Waals surface area contributed by atoms with Crippen molar-refractivity contribution >= 4 is 6.03 Å². The Labute approximate surface area is 94.4 Å². The number of likely N-dealkylation sites (tertiary alicyclic amines) is 1. The highest BCUT2D eigenvalue weighted by Gasteiger charge is 2.34. The topological polar surface area (TPSA) is 50.2 Å². The van der Waals surface area contributed by atoms with Gasteiger partial charge in [-0.15, -0.1) is 0 Å². The lowest BCUT2D eigenvalue weighted by Crippen LogP contribution is -2.39. The molecule has 1 saturated heterocycles. The molecule has 0 radical (unpaired) electrons. The number of hydrogen-bond acceptors (Lipinski definition) is 3. The summed E-state index contributed by atoms with van der Waals surface area (Å²) in [6.45, 7) is 2.13. The molecule has 5 nitrogen and oxygen atoms in total. The molecule has 5 heteroatoms. The molecule has 1 N–H and O–H groups in total. The van der Waals surface area contributed by atoms with Crippen LogP contribution in [0.4, 0.5) is 4.79 Å². The fourth-order valence-electron chi connectivity index (χ4n) is 2.30. The summed E-state index contributed by atoms with van der Waals surface area (Å²) in [4.78, 5) is 18.1. The van der Waals surface area contributed by atoms with Gasteiger partial charge in [0.05, 0.1) is 0 Å². The molecular weight excluding hydrogens is 204 g/mol. The molecule has 1 aliphatic heterocycles. The van der Waals surface area contributed by atoms with Gasteiger partial charge in [-0.3, -0.25) is 9.47 Å². The highest BCUT2D eigenvalue weighted by atomic mass is 16.2. The standard InChI is InChI=1S/C11H16N4O/c16-11(15-6-4-12-8-15)13-9-3-5-14(7-9)10-1-2-10/h4,6,8-10H,1-3,5,7H2,(H,13,16). The lowest BCUT2D eigenvalue weighted by atomic mass is 10.3. The third kappa shape index (κ3) is 1.95. The largest absolute Gasteiger partial charge is 0.333 e. The first-order valence-corrected chi connectivity index (χ1v) is 5.86. The third-order valence-electron chi connectivity index (χ3n) is 3.35. The van der Waals surface area contributed by atoms with Gasteiger partial charge in [-0.1, -0.05) is 0 Å². The number of rotatable bonds is 2. The first kappa shape index (κ1) is 9.84. The van der Waals surface area contributed by atoms with E-state index in [-0.39, 0.29) is 6.03 Å². The van der Waals surface area contributed by atoms with Crippen molar-refractivity contribution in [2.75, 3.05) is 13.1 Å². The van der Waals surface area contributed by atoms with Gasteiger partial charge in [-0.05, 0) is 19.3 Å². The second-order valence-electron chi connectivity index (χ2n) is 4.63. The van der Waals surface area contributed by atoms with Gasteiger partial charge in [0.25, 0.3) is 0 Å². The third-order valence-corrected chi connectivity index (χ3v) is 3.35. The van der Waals surface area contributed by atoms with Gasteiger partial charge in [0.1, 0.15) is 6.33 Å². The maximum atomic E-state index is 11.7. The summed E-state index contributed by atoms with van der Waals surface area (Å²) < 4.78 is 1.49. The van der Waals surface area contributed by atoms with Gasteiger partial charge >= 0.3 is 6.03 Å². The van der Waals surface area contributed by atoms with Gasteiger partial charge in [-0.25, -0.2) is 9.78 Å². The summed E-state index contributed by atoms with van der Waals surface area (Å²) >= 11 is 0. The van der Waals surface area contributed by atoms with Crippen molar-refractivity contribution in [1.82, 2.24) is 19.8 Å². The smallest absolute Gasteiger partial charge is 0.327 e. The Morgan fingerprint density at radius 3 is 2.94 bits per heavy atom. The van der Waals surface area contributed by atoms with Crippen molar-refractivity contribution in [2.45, 2.75) is 31.3 Å². The molecule has 1 amide bonds. The summed E-state index contributed by atoms with van der Waals surface area (Å²) in [7, 11) is 0. The molecule has 1 unspecified atom stereocenters. The van der Waals surface area contributed by atoms with Crippen LogP contribution in [0.15, 0.2) is 18.7 Å². The maximum absolute atomic E-state index is 11.7. The van der Waals surface area contributed by atoms with Gasteiger partial charge < -0.3 is 5.32 Å². The van der Waals surface area contributed by atoms with Crippen LogP contribution < -0.4 is 5.32 Å². The number of imidazole rings is 1. The normalized spacial score (nSPS) is 25.9. The molecule has 2 aliphatic rings. The lowest BCUT2D eigenvalue weighted by molar-refractivity contribution is 0.237. The van der Waals surface area contributed by atoms with Crippen LogP contribution in [0.25, 0.3) is 0 Å². The van der Waals surface area contributed by atoms with E-state index in [0.717, 1.165) is 25.6 Å². The summed E-state index contributed by atoms with van der Waals surface area (Å²) in [6.07, 6.45) is 8.55. The minimum Gasteiger partial charge on any atom is -0.333 e. The van der Waals surface area contributed by atoms with Crippen LogP contribution in [0.1, 0.15) is 19.3 Å². The van der Waals surface area contributed by atoms with E-state index >= 15 is 0 Å². The fraction of sp³-hybridized carbons (Fsp3) is 0.636. The molecule has 2 heterocycles. The van der Waals surface area contributed by atoms with E-state index in [1.807, 2.05) is 0 Å². The molecule has 3 rings (SSSR count). The van der Waals surface area contributed by atoms with E-state index in [2.05, 4.69) is 15.2 Å². The Morgan fingerprint density at radius 1 is 1.38 bits per heavy atom. The Morgan fingerprint density at radius 2 is 2.25 bits per heavy atom. The van der Waals surface area contributed by atoms with Crippen LogP contribution in [-0.2, 0) is 0 Å². The number of amides is 1. The zero-order valence-electron chi connectivity index (χ0n) is 9.17. The molecule has 1 saturated carbocycles. The molecule has 0 bridgehead atoms. The van der Waals surface area contributed by atoms with E-state index < -0.39 is 0 Å². The predicted octanol–water partition coefficient (Wildman–Crippen LogP) is 0.677. The molecule has 86 valence electrons. The SMILES string of the molecule is O=C(NC1CCN(C2CC2)C1)n1ccnc1. The van der Waals surface area contributed by atoms with Crippen LogP contribution in [0.2, 0.25) is 0 Å². The van der Waals surface area contributed by atoms with E-state index in [9.17, 15) is 4.79 Å². The first-order chi connectivity index (χ1) is 7.83. The van der Waals surface area contributed by atoms with Crippen molar-refractivity contribution in [2.24, 2.45) is 0 Å². The van der Waals surface area contributed by atoms with Crippen molar-refractivity contribution in [3.05, 3.63) is 18.7 Å². The Kier molecular flexibility index (Phi) is 2.40. The fourth-order valence-corrected chi connectivity index (χ4v) is 2.30. The summed E-state index contributed by atoms with van der Waals surface area (Å²) in [5, 5.41) is 3.04. The molecule has 0 spiro atoms. The summed E-state index contributed by atoms with van der Waals surface area (Å²) in [5.41, 5.74) is 0. The van der Waals surface area contributed by atoms with Crippen LogP contribution in [0, 0.1) is 0 Å². The number of carbonyl (C=O) groups is 1. The maximum Gasteiger partial charge on any atom is 0.327 e. The molecule has 16 heavy (non-hydrogen) atoms. The average Bonchev–Trinajstić information content (AvgIpc) is 2.82. The molecule has 1 aromatic rings. The molecule has 0 aromatic carbocycles. The zero-order valence-corrected chi connectivity index (χ0v) is 9.17. The van der Waals surface area contributed by atoms with Gasteiger partial charge in [-0.2, -0.15) is 0 Å². The number of aromatic nitrogens is 2. The van der Waals surface area contributed by atoms with Gasteiger partial charge in [0.2, 0.25) is 0 Å². The minimum atomic E-state index is -0.0693. The van der Waals surface area contributed by atoms with Crippen molar-refractivity contribution < 1.29 is 4.79 Å². The Balaban J connectivity index is 1.53. The quantitative estimate of drug-likeness (QED) is 0.797. The molecule has 1 aromatic heterocycles. The van der Waals surface area contributed by atoms with Gasteiger partial charge in [0, 0.05) is 37.6 Å². The first-order valence-electron chi connectivity index (χ1n) is 5.86. The molecule has 1 atom stereocenters. The molecule has 1 aliphatic carbocycles. The van der Waals surface area contributed by atoms with Crippen molar-refractivity contribution in [3.63, 3.8) is 0 Å². The van der Waals surface area contributed by atoms with Crippen LogP contribution in [0.5, 0.6) is 0 Å². The van der Waals surface area contributed by atoms with Crippen molar-refractivity contribution in [3.8, 4) is 0 Å². The van der Waals surface area contributed by atoms with Crippen LogP contribution in [0.3, 0.4) is 0 Å². The van der Waals surface area contributed by atoms with E-state index in [1.165, 1.54) is 23.7 Å². The number of hydrogen-bond donors (Lipinski definition) is 1. The predicted molar refractivity (Wildman–Crippen MR) is 59.2 cm³/mol. The molecular formula is C11H16N4O. The van der Waals surface area contributed by atoms with E-state index in [0.29, 0.717) is 6.04 Å². The number of carbonyl (C=O) groups excluding carboxylic acids is 1. The second kappa shape index (κ2) is 3.90. The Hall–Kier alpha value is -1.36. The van der Waals surface area contributed by atoms with Crippen LogP contribution in [-0.4, -0.2) is 45.7 Å². The second-order valence-corrected chi connectivity index (χ2v) is 4.63. The Bertz CT molecular complexity index is 371. The summed E-state index contributed by atoms with van der Waals surface area (Å²) in [5.74, 6) is 0. The van der Waals surface area contributed by atoms with E-state index in [4.69, 9.17) is 0 Å². The average molecular weight is 220 g/mol. The van der Waals surface area contributed by atoms with Crippen molar-refractivity contribution in [1.29, 1.82) is 0 Å². The molecule has 2 fully saturated rings. The monoisotopic (exact) mass is 220 g/mol. The van der Waals surface area contributed by atoms with E-state index in [1.54, 1.807) is 12.4 Å². The zero-order chi connectivity index (χ0) is 11.0. The summed E-state index contributed by atoms with van der Waals surface area (Å²) in [6, 6.07) is 1.03. The minimum absolute atomic E-state index is 0.0693. The highest BCUT2D eigenvalue weighted by molar-refractivity contribution is 5.76. The lowest BCUT2D eigenvalue weighted by Gasteiger charge is -2.15. The van der Waals surface area contributed by atoms with Gasteiger partial charge in [0.15, 0.2) is 0 Å². The highest BCUT2D eigenvalue weighted by Crippen LogP contribution is 2.29. The number of nitrogens with one attached hydrogen (secondary N) is 1. The number of nitrogens with zero attached hydrogens (tertiary/aromatic N) is 3.